The minimum Gasteiger partial charge on any atom is -0.423 e. The summed E-state index contributed by atoms with van der Waals surface area (Å²) in [6.07, 6.45) is -0.396. The Morgan fingerprint density at radius 2 is 1.62 bits per heavy atom. The zero-order valence-corrected chi connectivity index (χ0v) is 13.8. The molecule has 26 heavy (non-hydrogen) atoms. The van der Waals surface area contributed by atoms with E-state index in [0.717, 1.165) is 11.3 Å². The summed E-state index contributed by atoms with van der Waals surface area (Å²) in [5.74, 6) is -0.143. The van der Waals surface area contributed by atoms with Crippen LogP contribution in [0.25, 0.3) is 0 Å². The van der Waals surface area contributed by atoms with E-state index in [1.165, 1.54) is 0 Å². The molecule has 1 heterocycles. The molecule has 0 aliphatic carbocycles. The Kier molecular flexibility index (Phi) is 4.11. The second-order valence-corrected chi connectivity index (χ2v) is 5.92. The molecular weight excluding hydrogens is 328 g/mol. The quantitative estimate of drug-likeness (QED) is 0.561. The van der Waals surface area contributed by atoms with Crippen LogP contribution in [0.2, 0.25) is 0 Å². The molecule has 0 aromatic heterocycles. The van der Waals surface area contributed by atoms with Gasteiger partial charge in [-0.1, -0.05) is 42.5 Å². The van der Waals surface area contributed by atoms with Gasteiger partial charge in [-0.25, -0.2) is 4.79 Å². The van der Waals surface area contributed by atoms with Crippen LogP contribution in [0.1, 0.15) is 32.4 Å². The maximum Gasteiger partial charge on any atom is 0.343 e. The van der Waals surface area contributed by atoms with Crippen LogP contribution < -0.4 is 15.4 Å². The fraction of sp³-hybridized carbons (Fsp3) is 0.0476. The van der Waals surface area contributed by atoms with Crippen LogP contribution in [-0.4, -0.2) is 11.9 Å². The summed E-state index contributed by atoms with van der Waals surface area (Å²) in [5.41, 5.74) is 2.66. The summed E-state index contributed by atoms with van der Waals surface area (Å²) in [5, 5.41) is 6.19. The zero-order chi connectivity index (χ0) is 17.9. The van der Waals surface area contributed by atoms with E-state index in [4.69, 9.17) is 4.74 Å². The van der Waals surface area contributed by atoms with Crippen molar-refractivity contribution in [2.75, 3.05) is 5.32 Å². The number of para-hydroxylation sites is 1. The number of esters is 1. The molecule has 0 spiro atoms. The number of carbonyl (C=O) groups is 2. The Morgan fingerprint density at radius 3 is 2.46 bits per heavy atom. The fourth-order valence-electron chi connectivity index (χ4n) is 2.87. The van der Waals surface area contributed by atoms with Crippen molar-refractivity contribution in [3.8, 4) is 5.75 Å². The first-order valence-electron chi connectivity index (χ1n) is 8.24. The van der Waals surface area contributed by atoms with Gasteiger partial charge in [-0.3, -0.25) is 4.79 Å². The Balaban J connectivity index is 1.55. The fourth-order valence-corrected chi connectivity index (χ4v) is 2.87. The van der Waals surface area contributed by atoms with E-state index < -0.39 is 12.1 Å². The molecule has 0 saturated heterocycles. The first-order chi connectivity index (χ1) is 12.7. The molecule has 2 N–H and O–H groups in total. The molecule has 3 aromatic carbocycles. The summed E-state index contributed by atoms with van der Waals surface area (Å²) in [7, 11) is 0. The van der Waals surface area contributed by atoms with E-state index in [1.54, 1.807) is 48.5 Å². The van der Waals surface area contributed by atoms with E-state index in [-0.39, 0.29) is 5.91 Å². The number of amides is 1. The normalized spacial score (nSPS) is 15.4. The number of fused-ring (bicyclic) bond motifs is 1. The highest BCUT2D eigenvalue weighted by Gasteiger charge is 2.24. The van der Waals surface area contributed by atoms with Crippen molar-refractivity contribution in [1.29, 1.82) is 0 Å². The minimum absolute atomic E-state index is 0.143. The standard InChI is InChI=1S/C21H16N2O3/c24-20-17-11-4-5-12-18(17)22-19(23-20)15-9-6-10-16(13-15)26-21(25)14-7-2-1-3-8-14/h1-13,19,22H,(H,23,24). The van der Waals surface area contributed by atoms with Crippen LogP contribution in [0.5, 0.6) is 5.75 Å². The van der Waals surface area contributed by atoms with Gasteiger partial charge in [0.25, 0.3) is 5.91 Å². The summed E-state index contributed by atoms with van der Waals surface area (Å²) in [6.45, 7) is 0. The molecular formula is C21H16N2O3. The molecule has 128 valence electrons. The van der Waals surface area contributed by atoms with Crippen LogP contribution in [0.4, 0.5) is 5.69 Å². The molecule has 1 unspecified atom stereocenters. The predicted octanol–water partition coefficient (Wildman–Crippen LogP) is 3.76. The number of anilines is 1. The molecule has 0 fully saturated rings. The van der Waals surface area contributed by atoms with Gasteiger partial charge >= 0.3 is 5.97 Å². The number of rotatable bonds is 3. The highest BCUT2D eigenvalue weighted by Crippen LogP contribution is 2.28. The maximum absolute atomic E-state index is 12.3. The van der Waals surface area contributed by atoms with Gasteiger partial charge in [0, 0.05) is 5.69 Å². The van der Waals surface area contributed by atoms with Gasteiger partial charge in [-0.05, 0) is 42.0 Å². The van der Waals surface area contributed by atoms with Gasteiger partial charge in [-0.2, -0.15) is 0 Å². The monoisotopic (exact) mass is 344 g/mol. The first kappa shape index (κ1) is 15.9. The summed E-state index contributed by atoms with van der Waals surface area (Å²) in [4.78, 5) is 24.5. The van der Waals surface area contributed by atoms with Crippen molar-refractivity contribution >= 4 is 17.6 Å². The van der Waals surface area contributed by atoms with Gasteiger partial charge in [0.2, 0.25) is 0 Å². The highest BCUT2D eigenvalue weighted by atomic mass is 16.5. The number of hydrogen-bond donors (Lipinski definition) is 2. The minimum atomic E-state index is -0.422. The van der Waals surface area contributed by atoms with Crippen LogP contribution in [0.15, 0.2) is 78.9 Å². The predicted molar refractivity (Wildman–Crippen MR) is 98.1 cm³/mol. The summed E-state index contributed by atoms with van der Waals surface area (Å²) >= 11 is 0. The molecule has 3 aromatic rings. The van der Waals surface area contributed by atoms with Crippen molar-refractivity contribution < 1.29 is 14.3 Å². The van der Waals surface area contributed by atoms with Crippen molar-refractivity contribution in [2.24, 2.45) is 0 Å². The average Bonchev–Trinajstić information content (AvgIpc) is 2.69. The third-order valence-electron chi connectivity index (χ3n) is 4.16. The number of hydrogen-bond acceptors (Lipinski definition) is 4. The third-order valence-corrected chi connectivity index (χ3v) is 4.16. The van der Waals surface area contributed by atoms with E-state index in [9.17, 15) is 9.59 Å². The lowest BCUT2D eigenvalue weighted by atomic mass is 10.1. The maximum atomic E-state index is 12.3. The molecule has 0 bridgehead atoms. The molecule has 0 saturated carbocycles. The lowest BCUT2D eigenvalue weighted by molar-refractivity contribution is 0.0734. The van der Waals surface area contributed by atoms with Crippen molar-refractivity contribution in [3.05, 3.63) is 95.6 Å². The van der Waals surface area contributed by atoms with E-state index in [0.29, 0.717) is 16.9 Å². The molecule has 0 radical (unpaired) electrons. The number of benzene rings is 3. The zero-order valence-electron chi connectivity index (χ0n) is 13.8. The second-order valence-electron chi connectivity index (χ2n) is 5.92. The van der Waals surface area contributed by atoms with Gasteiger partial charge < -0.3 is 15.4 Å². The van der Waals surface area contributed by atoms with Crippen LogP contribution in [-0.2, 0) is 0 Å². The van der Waals surface area contributed by atoms with Crippen molar-refractivity contribution in [3.63, 3.8) is 0 Å². The lowest BCUT2D eigenvalue weighted by Gasteiger charge is -2.28. The summed E-state index contributed by atoms with van der Waals surface area (Å²) < 4.78 is 5.45. The molecule has 5 nitrogen and oxygen atoms in total. The number of carbonyl (C=O) groups excluding carboxylic acids is 2. The highest BCUT2D eigenvalue weighted by molar-refractivity contribution is 6.01. The topological polar surface area (TPSA) is 67.4 Å². The number of nitrogens with one attached hydrogen (secondary N) is 2. The molecule has 1 aliphatic rings. The molecule has 1 atom stereocenters. The van der Waals surface area contributed by atoms with Crippen molar-refractivity contribution in [2.45, 2.75) is 6.17 Å². The molecule has 1 aliphatic heterocycles. The van der Waals surface area contributed by atoms with Crippen LogP contribution in [0, 0.1) is 0 Å². The van der Waals surface area contributed by atoms with Gasteiger partial charge in [-0.15, -0.1) is 0 Å². The van der Waals surface area contributed by atoms with Gasteiger partial charge in [0.1, 0.15) is 11.9 Å². The third kappa shape index (κ3) is 3.15. The Hall–Kier alpha value is -3.60. The van der Waals surface area contributed by atoms with Gasteiger partial charge in [0.05, 0.1) is 11.1 Å². The van der Waals surface area contributed by atoms with Gasteiger partial charge in [0.15, 0.2) is 0 Å². The Bertz CT molecular complexity index is 970. The van der Waals surface area contributed by atoms with Crippen LogP contribution >= 0.6 is 0 Å². The SMILES string of the molecule is O=C(Oc1cccc(C2NC(=O)c3ccccc3N2)c1)c1ccccc1. The largest absolute Gasteiger partial charge is 0.423 e. The molecule has 1 amide bonds. The van der Waals surface area contributed by atoms with Crippen molar-refractivity contribution in [1.82, 2.24) is 5.32 Å². The van der Waals surface area contributed by atoms with E-state index in [2.05, 4.69) is 10.6 Å². The smallest absolute Gasteiger partial charge is 0.343 e. The molecule has 4 rings (SSSR count). The Morgan fingerprint density at radius 1 is 0.846 bits per heavy atom. The second kappa shape index (κ2) is 6.72. The lowest BCUT2D eigenvalue weighted by Crippen LogP contribution is -2.38. The first-order valence-corrected chi connectivity index (χ1v) is 8.24. The average molecular weight is 344 g/mol. The molecule has 5 heteroatoms. The Labute approximate surface area is 150 Å². The number of ether oxygens (including phenoxy) is 1. The van der Waals surface area contributed by atoms with E-state index in [1.807, 2.05) is 30.3 Å². The van der Waals surface area contributed by atoms with Crippen LogP contribution in [0.3, 0.4) is 0 Å². The summed E-state index contributed by atoms with van der Waals surface area (Å²) in [6, 6.07) is 23.2. The van der Waals surface area contributed by atoms with E-state index >= 15 is 0 Å².